The Bertz CT molecular complexity index is 562. The summed E-state index contributed by atoms with van der Waals surface area (Å²) in [4.78, 5) is 15.9. The molecule has 1 aromatic carbocycles. The van der Waals surface area contributed by atoms with Crippen LogP contribution in [0.2, 0.25) is 0 Å². The smallest absolute Gasteiger partial charge is 0.236 e. The minimum Gasteiger partial charge on any atom is -0.344 e. The highest BCUT2D eigenvalue weighted by Crippen LogP contribution is 2.22. The lowest BCUT2D eigenvalue weighted by Gasteiger charge is -2.32. The summed E-state index contributed by atoms with van der Waals surface area (Å²) < 4.78 is 13.2. The molecule has 1 aliphatic heterocycles. The average molecular weight is 317 g/mol. The monoisotopic (exact) mass is 317 g/mol. The second-order valence-electron chi connectivity index (χ2n) is 6.28. The number of likely N-dealkylation sites (tertiary alicyclic amines) is 1. The van der Waals surface area contributed by atoms with Gasteiger partial charge in [-0.05, 0) is 56.0 Å². The molecule has 23 heavy (non-hydrogen) atoms. The molecule has 0 spiro atoms. The number of carbonyl (C=O) groups is 1. The van der Waals surface area contributed by atoms with Gasteiger partial charge in [0.05, 0.1) is 19.0 Å². The van der Waals surface area contributed by atoms with Gasteiger partial charge in [-0.1, -0.05) is 12.1 Å². The Labute approximate surface area is 137 Å². The van der Waals surface area contributed by atoms with Gasteiger partial charge in [-0.25, -0.2) is 4.39 Å². The van der Waals surface area contributed by atoms with E-state index in [1.807, 2.05) is 6.07 Å². The minimum atomic E-state index is -0.175. The van der Waals surface area contributed by atoms with E-state index in [0.717, 1.165) is 37.9 Å². The Morgan fingerprint density at radius 1 is 1.43 bits per heavy atom. The number of halogens is 1. The molecule has 0 unspecified atom stereocenters. The van der Waals surface area contributed by atoms with E-state index >= 15 is 0 Å². The molecule has 1 saturated heterocycles. The molecule has 0 atom stereocenters. The third-order valence-electron chi connectivity index (χ3n) is 4.46. The maximum Gasteiger partial charge on any atom is 0.236 e. The summed E-state index contributed by atoms with van der Waals surface area (Å²) in [5, 5.41) is 8.56. The Balaban J connectivity index is 1.73. The van der Waals surface area contributed by atoms with Crippen LogP contribution in [0.5, 0.6) is 0 Å². The molecule has 0 N–H and O–H groups in total. The molecule has 1 aromatic rings. The first-order valence-corrected chi connectivity index (χ1v) is 8.16. The summed E-state index contributed by atoms with van der Waals surface area (Å²) in [6, 6.07) is 8.87. The lowest BCUT2D eigenvalue weighted by molar-refractivity contribution is -0.131. The van der Waals surface area contributed by atoms with Gasteiger partial charge in [-0.2, -0.15) is 5.26 Å². The number of nitriles is 1. The number of hydrogen-bond acceptors (Lipinski definition) is 3. The van der Waals surface area contributed by atoms with Crippen molar-refractivity contribution >= 4 is 5.91 Å². The highest BCUT2D eigenvalue weighted by Gasteiger charge is 2.22. The molecule has 1 heterocycles. The molecule has 0 aromatic heterocycles. The quantitative estimate of drug-likeness (QED) is 0.810. The van der Waals surface area contributed by atoms with Crippen molar-refractivity contribution in [2.24, 2.45) is 5.92 Å². The van der Waals surface area contributed by atoms with Crippen LogP contribution < -0.4 is 0 Å². The van der Waals surface area contributed by atoms with Crippen molar-refractivity contribution in [2.75, 3.05) is 33.2 Å². The number of carbonyl (C=O) groups excluding carboxylic acids is 1. The van der Waals surface area contributed by atoms with Crippen LogP contribution in [-0.2, 0) is 11.2 Å². The van der Waals surface area contributed by atoms with E-state index in [9.17, 15) is 9.18 Å². The van der Waals surface area contributed by atoms with E-state index in [1.54, 1.807) is 24.1 Å². The van der Waals surface area contributed by atoms with Crippen LogP contribution >= 0.6 is 0 Å². The van der Waals surface area contributed by atoms with Gasteiger partial charge in [0, 0.05) is 13.6 Å². The van der Waals surface area contributed by atoms with Crippen molar-refractivity contribution in [1.29, 1.82) is 5.26 Å². The third kappa shape index (κ3) is 5.65. The SMILES string of the molecule is CN(CCC#N)C(=O)CN1CCC(Cc2cccc(F)c2)CC1. The van der Waals surface area contributed by atoms with E-state index < -0.39 is 0 Å². The van der Waals surface area contributed by atoms with Crippen molar-refractivity contribution in [1.82, 2.24) is 9.80 Å². The zero-order chi connectivity index (χ0) is 16.7. The van der Waals surface area contributed by atoms with E-state index in [2.05, 4.69) is 11.0 Å². The number of rotatable bonds is 6. The summed E-state index contributed by atoms with van der Waals surface area (Å²) in [7, 11) is 1.75. The molecule has 0 aliphatic carbocycles. The van der Waals surface area contributed by atoms with Gasteiger partial charge in [0.25, 0.3) is 0 Å². The first-order chi connectivity index (χ1) is 11.1. The number of hydrogen-bond donors (Lipinski definition) is 0. The van der Waals surface area contributed by atoms with Crippen LogP contribution in [0, 0.1) is 23.1 Å². The molecule has 1 amide bonds. The number of benzene rings is 1. The van der Waals surface area contributed by atoms with Crippen LogP contribution in [0.3, 0.4) is 0 Å². The first kappa shape index (κ1) is 17.4. The van der Waals surface area contributed by atoms with Gasteiger partial charge in [0.1, 0.15) is 5.82 Å². The van der Waals surface area contributed by atoms with E-state index in [1.165, 1.54) is 6.07 Å². The van der Waals surface area contributed by atoms with Crippen molar-refractivity contribution in [2.45, 2.75) is 25.7 Å². The normalized spacial score (nSPS) is 16.0. The van der Waals surface area contributed by atoms with Crippen LogP contribution in [0.25, 0.3) is 0 Å². The molecule has 1 aliphatic rings. The van der Waals surface area contributed by atoms with Crippen LogP contribution in [0.1, 0.15) is 24.8 Å². The molecule has 0 radical (unpaired) electrons. The molecule has 5 heteroatoms. The van der Waals surface area contributed by atoms with Gasteiger partial charge < -0.3 is 4.90 Å². The van der Waals surface area contributed by atoms with E-state index in [0.29, 0.717) is 25.4 Å². The van der Waals surface area contributed by atoms with Gasteiger partial charge in [-0.3, -0.25) is 9.69 Å². The topological polar surface area (TPSA) is 47.3 Å². The molecule has 2 rings (SSSR count). The fraction of sp³-hybridized carbons (Fsp3) is 0.556. The van der Waals surface area contributed by atoms with Gasteiger partial charge in [-0.15, -0.1) is 0 Å². The largest absolute Gasteiger partial charge is 0.344 e. The van der Waals surface area contributed by atoms with Crippen molar-refractivity contribution in [3.05, 3.63) is 35.6 Å². The van der Waals surface area contributed by atoms with Gasteiger partial charge in [0.2, 0.25) is 5.91 Å². The fourth-order valence-corrected chi connectivity index (χ4v) is 3.00. The van der Waals surface area contributed by atoms with E-state index in [4.69, 9.17) is 5.26 Å². The number of nitrogens with zero attached hydrogens (tertiary/aromatic N) is 3. The van der Waals surface area contributed by atoms with Crippen molar-refractivity contribution in [3.63, 3.8) is 0 Å². The molecular weight excluding hydrogens is 293 g/mol. The standard InChI is InChI=1S/C18H24FN3O/c1-21(9-3-8-20)18(23)14-22-10-6-15(7-11-22)12-16-4-2-5-17(19)13-16/h2,4-5,13,15H,3,6-7,9-12,14H2,1H3. The minimum absolute atomic E-state index is 0.0730. The Kier molecular flexibility index (Phi) is 6.54. The number of piperidine rings is 1. The molecule has 0 bridgehead atoms. The molecule has 0 saturated carbocycles. The Morgan fingerprint density at radius 3 is 2.83 bits per heavy atom. The van der Waals surface area contributed by atoms with Crippen LogP contribution in [0.4, 0.5) is 4.39 Å². The molecule has 1 fully saturated rings. The van der Waals surface area contributed by atoms with Crippen LogP contribution in [-0.4, -0.2) is 48.9 Å². The summed E-state index contributed by atoms with van der Waals surface area (Å²) in [6.07, 6.45) is 3.34. The van der Waals surface area contributed by atoms with Gasteiger partial charge >= 0.3 is 0 Å². The molecular formula is C18H24FN3O. The maximum atomic E-state index is 13.2. The first-order valence-electron chi connectivity index (χ1n) is 8.16. The fourth-order valence-electron chi connectivity index (χ4n) is 3.00. The second-order valence-corrected chi connectivity index (χ2v) is 6.28. The lowest BCUT2D eigenvalue weighted by atomic mass is 9.90. The van der Waals surface area contributed by atoms with Crippen molar-refractivity contribution in [3.8, 4) is 6.07 Å². The molecule has 124 valence electrons. The number of amides is 1. The van der Waals surface area contributed by atoms with Gasteiger partial charge in [0.15, 0.2) is 0 Å². The maximum absolute atomic E-state index is 13.2. The molecule has 4 nitrogen and oxygen atoms in total. The summed E-state index contributed by atoms with van der Waals surface area (Å²) in [6.45, 7) is 2.72. The Hall–Kier alpha value is -1.93. The van der Waals surface area contributed by atoms with Crippen LogP contribution in [0.15, 0.2) is 24.3 Å². The zero-order valence-corrected chi connectivity index (χ0v) is 13.7. The van der Waals surface area contributed by atoms with Crippen molar-refractivity contribution < 1.29 is 9.18 Å². The lowest BCUT2D eigenvalue weighted by Crippen LogP contribution is -2.42. The predicted octanol–water partition coefficient (Wildman–Crippen LogP) is 2.45. The Morgan fingerprint density at radius 2 is 2.17 bits per heavy atom. The average Bonchev–Trinajstić information content (AvgIpc) is 2.54. The predicted molar refractivity (Wildman–Crippen MR) is 87.1 cm³/mol. The highest BCUT2D eigenvalue weighted by atomic mass is 19.1. The summed E-state index contributed by atoms with van der Waals surface area (Å²) >= 11 is 0. The number of likely N-dealkylation sites (N-methyl/N-ethyl adjacent to an activating group) is 1. The van der Waals surface area contributed by atoms with E-state index in [-0.39, 0.29) is 11.7 Å². The summed E-state index contributed by atoms with van der Waals surface area (Å²) in [5.74, 6) is 0.453. The zero-order valence-electron chi connectivity index (χ0n) is 13.7. The summed E-state index contributed by atoms with van der Waals surface area (Å²) in [5.41, 5.74) is 1.05. The second kappa shape index (κ2) is 8.64. The third-order valence-corrected chi connectivity index (χ3v) is 4.46. The highest BCUT2D eigenvalue weighted by molar-refractivity contribution is 5.78.